The zero-order valence-corrected chi connectivity index (χ0v) is 6.55. The number of nitrogens with one attached hydrogen (secondary N) is 2. The molecule has 0 bridgehead atoms. The van der Waals surface area contributed by atoms with Crippen LogP contribution in [0.15, 0.2) is 0 Å². The van der Waals surface area contributed by atoms with E-state index in [4.69, 9.17) is 0 Å². The summed E-state index contributed by atoms with van der Waals surface area (Å²) in [6.07, 6.45) is 1.49. The monoisotopic (exact) mass is 152 g/mol. The second-order valence-electron chi connectivity index (χ2n) is 1.55. The van der Waals surface area contributed by atoms with Crippen molar-refractivity contribution in [3.8, 4) is 0 Å². The normalized spacial score (nSPS) is 7.78. The van der Waals surface area contributed by atoms with E-state index in [2.05, 4.69) is 10.9 Å². The molecule has 0 aromatic heterocycles. The lowest BCUT2D eigenvalue weighted by atomic mass is 10.3. The van der Waals surface area contributed by atoms with Gasteiger partial charge in [-0.2, -0.15) is 0 Å². The van der Waals surface area contributed by atoms with Gasteiger partial charge in [0.15, 0.2) is 0 Å². The molecule has 0 saturated carbocycles. The minimum Gasteiger partial charge on any atom is -0.292 e. The average Bonchev–Trinajstić information content (AvgIpc) is 1.68. The summed E-state index contributed by atoms with van der Waals surface area (Å²) in [6, 6.07) is 0. The van der Waals surface area contributed by atoms with Gasteiger partial charge in [-0.25, -0.2) is 5.43 Å². The van der Waals surface area contributed by atoms with Gasteiger partial charge in [0.25, 0.3) is 0 Å². The van der Waals surface area contributed by atoms with Crippen molar-refractivity contribution in [3.05, 3.63) is 0 Å². The summed E-state index contributed by atoms with van der Waals surface area (Å²) in [5.74, 6) is 0.0509. The average molecular weight is 153 g/mol. The van der Waals surface area contributed by atoms with Crippen molar-refractivity contribution >= 4 is 18.3 Å². The molecule has 56 valence electrons. The number of carbonyl (C=O) groups excluding carboxylic acids is 1. The molecule has 0 fully saturated rings. The number of hydrogen-bond donors (Lipinski definition) is 2. The van der Waals surface area contributed by atoms with Gasteiger partial charge in [-0.3, -0.25) is 10.2 Å². The van der Waals surface area contributed by atoms with Gasteiger partial charge in [0.1, 0.15) is 0 Å². The molecule has 0 aliphatic carbocycles. The lowest BCUT2D eigenvalue weighted by Crippen LogP contribution is -2.33. The standard InChI is InChI=1S/C5H12N2O.ClH/c1-3-4-5(8)7-6-2;/h6H,3-4H2,1-2H3,(H,7,8);1H. The predicted molar refractivity (Wildman–Crippen MR) is 39.4 cm³/mol. The number of amides is 1. The molecule has 0 rings (SSSR count). The molecule has 0 aliphatic heterocycles. The lowest BCUT2D eigenvalue weighted by Gasteiger charge is -1.98. The minimum atomic E-state index is 0. The van der Waals surface area contributed by atoms with Crippen molar-refractivity contribution in [2.75, 3.05) is 7.05 Å². The zero-order valence-electron chi connectivity index (χ0n) is 5.73. The molecule has 3 nitrogen and oxygen atoms in total. The van der Waals surface area contributed by atoms with Crippen LogP contribution in [-0.2, 0) is 4.79 Å². The Morgan fingerprint density at radius 3 is 2.44 bits per heavy atom. The molecule has 0 aliphatic rings. The second kappa shape index (κ2) is 7.72. The summed E-state index contributed by atoms with van der Waals surface area (Å²) < 4.78 is 0. The van der Waals surface area contributed by atoms with Gasteiger partial charge in [0.2, 0.25) is 5.91 Å². The van der Waals surface area contributed by atoms with Gasteiger partial charge in [0, 0.05) is 13.5 Å². The van der Waals surface area contributed by atoms with Gasteiger partial charge in [-0.1, -0.05) is 6.92 Å². The molecule has 0 radical (unpaired) electrons. The van der Waals surface area contributed by atoms with Crippen molar-refractivity contribution in [1.82, 2.24) is 10.9 Å². The fourth-order valence-corrected chi connectivity index (χ4v) is 0.429. The van der Waals surface area contributed by atoms with Gasteiger partial charge < -0.3 is 0 Å². The minimum absolute atomic E-state index is 0. The van der Waals surface area contributed by atoms with Crippen LogP contribution in [0, 0.1) is 0 Å². The number of carbonyl (C=O) groups is 1. The summed E-state index contributed by atoms with van der Waals surface area (Å²) in [6.45, 7) is 1.97. The van der Waals surface area contributed by atoms with Crippen molar-refractivity contribution in [1.29, 1.82) is 0 Å². The Hall–Kier alpha value is -0.280. The van der Waals surface area contributed by atoms with Crippen molar-refractivity contribution in [3.63, 3.8) is 0 Å². The van der Waals surface area contributed by atoms with Gasteiger partial charge in [0.05, 0.1) is 0 Å². The van der Waals surface area contributed by atoms with Crippen molar-refractivity contribution in [2.45, 2.75) is 19.8 Å². The molecular formula is C5H13ClN2O. The lowest BCUT2D eigenvalue weighted by molar-refractivity contribution is -0.121. The van der Waals surface area contributed by atoms with Crippen LogP contribution in [0.25, 0.3) is 0 Å². The maximum Gasteiger partial charge on any atom is 0.234 e. The third kappa shape index (κ3) is 7.72. The highest BCUT2D eigenvalue weighted by Gasteiger charge is 1.92. The zero-order chi connectivity index (χ0) is 6.41. The van der Waals surface area contributed by atoms with Crippen LogP contribution in [0.1, 0.15) is 19.8 Å². The van der Waals surface area contributed by atoms with Gasteiger partial charge in [-0.05, 0) is 6.42 Å². The van der Waals surface area contributed by atoms with E-state index in [-0.39, 0.29) is 18.3 Å². The molecule has 0 spiro atoms. The van der Waals surface area contributed by atoms with E-state index < -0.39 is 0 Å². The van der Waals surface area contributed by atoms with Crippen LogP contribution in [0.4, 0.5) is 0 Å². The van der Waals surface area contributed by atoms with E-state index in [0.29, 0.717) is 6.42 Å². The van der Waals surface area contributed by atoms with Crippen LogP contribution in [-0.4, -0.2) is 13.0 Å². The maximum atomic E-state index is 10.5. The topological polar surface area (TPSA) is 41.1 Å². The first-order valence-corrected chi connectivity index (χ1v) is 2.76. The summed E-state index contributed by atoms with van der Waals surface area (Å²) in [5, 5.41) is 0. The number of rotatable bonds is 3. The van der Waals surface area contributed by atoms with Crippen LogP contribution >= 0.6 is 12.4 Å². The quantitative estimate of drug-likeness (QED) is 0.577. The first kappa shape index (κ1) is 11.5. The predicted octanol–water partition coefficient (Wildman–Crippen LogP) is 0.459. The molecule has 2 N–H and O–H groups in total. The van der Waals surface area contributed by atoms with Gasteiger partial charge in [-0.15, -0.1) is 12.4 Å². The van der Waals surface area contributed by atoms with Crippen molar-refractivity contribution < 1.29 is 4.79 Å². The highest BCUT2D eigenvalue weighted by atomic mass is 35.5. The third-order valence-electron chi connectivity index (χ3n) is 0.741. The largest absolute Gasteiger partial charge is 0.292 e. The van der Waals surface area contributed by atoms with Crippen molar-refractivity contribution in [2.24, 2.45) is 0 Å². The van der Waals surface area contributed by atoms with E-state index in [1.807, 2.05) is 6.92 Å². The van der Waals surface area contributed by atoms with E-state index in [1.54, 1.807) is 7.05 Å². The summed E-state index contributed by atoms with van der Waals surface area (Å²) in [7, 11) is 1.67. The van der Waals surface area contributed by atoms with Gasteiger partial charge >= 0.3 is 0 Å². The Balaban J connectivity index is 0. The second-order valence-corrected chi connectivity index (χ2v) is 1.55. The molecule has 0 aromatic rings. The molecule has 0 unspecified atom stereocenters. The third-order valence-corrected chi connectivity index (χ3v) is 0.741. The molecule has 0 saturated heterocycles. The molecule has 4 heteroatoms. The van der Waals surface area contributed by atoms with Crippen LogP contribution < -0.4 is 10.9 Å². The Morgan fingerprint density at radius 1 is 1.56 bits per heavy atom. The highest BCUT2D eigenvalue weighted by molar-refractivity contribution is 5.85. The number of hydrogen-bond acceptors (Lipinski definition) is 2. The molecule has 1 amide bonds. The number of hydrazine groups is 1. The fraction of sp³-hybridized carbons (Fsp3) is 0.800. The van der Waals surface area contributed by atoms with E-state index in [9.17, 15) is 4.79 Å². The first-order chi connectivity index (χ1) is 3.81. The van der Waals surface area contributed by atoms with E-state index >= 15 is 0 Å². The Labute approximate surface area is 61.6 Å². The van der Waals surface area contributed by atoms with E-state index in [1.165, 1.54) is 0 Å². The first-order valence-electron chi connectivity index (χ1n) is 2.76. The van der Waals surface area contributed by atoms with Crippen LogP contribution in [0.2, 0.25) is 0 Å². The molecule has 0 aromatic carbocycles. The Morgan fingerprint density at radius 2 is 2.11 bits per heavy atom. The molecule has 0 heterocycles. The fourth-order valence-electron chi connectivity index (χ4n) is 0.429. The summed E-state index contributed by atoms with van der Waals surface area (Å²) in [5.41, 5.74) is 5.01. The highest BCUT2D eigenvalue weighted by Crippen LogP contribution is 1.82. The summed E-state index contributed by atoms with van der Waals surface area (Å²) >= 11 is 0. The van der Waals surface area contributed by atoms with Crippen LogP contribution in [0.5, 0.6) is 0 Å². The number of halogens is 1. The SMILES string of the molecule is CCCC(=O)NNC.Cl. The molecule has 9 heavy (non-hydrogen) atoms. The molecular weight excluding hydrogens is 140 g/mol. The Bertz CT molecular complexity index is 69.4. The summed E-state index contributed by atoms with van der Waals surface area (Å²) in [4.78, 5) is 10.5. The Kier molecular flexibility index (Phi) is 9.87. The molecule has 0 atom stereocenters. The van der Waals surface area contributed by atoms with E-state index in [0.717, 1.165) is 6.42 Å². The maximum absolute atomic E-state index is 10.5. The van der Waals surface area contributed by atoms with Crippen LogP contribution in [0.3, 0.4) is 0 Å². The smallest absolute Gasteiger partial charge is 0.234 e.